The van der Waals surface area contributed by atoms with E-state index in [-0.39, 0.29) is 11.8 Å². The monoisotopic (exact) mass is 414 g/mol. The molecule has 0 unspecified atom stereocenters. The van der Waals surface area contributed by atoms with Crippen LogP contribution in [0.5, 0.6) is 5.75 Å². The molecule has 4 rings (SSSR count). The normalized spacial score (nSPS) is 13.7. The number of carbonyl (C=O) groups excluding carboxylic acids is 2. The van der Waals surface area contributed by atoms with Crippen molar-refractivity contribution in [3.63, 3.8) is 0 Å². The Labute approximate surface area is 182 Å². The molecule has 0 aromatic heterocycles. The van der Waals surface area contributed by atoms with E-state index in [1.165, 1.54) is 0 Å². The SMILES string of the molecule is COc1ccc(CC(=O)N2CCN(C(=O)c3ccc(-c4ccccc4)cc3)CC2)cc1. The van der Waals surface area contributed by atoms with Gasteiger partial charge >= 0.3 is 0 Å². The Hall–Kier alpha value is -3.60. The lowest BCUT2D eigenvalue weighted by molar-refractivity contribution is -0.131. The molecule has 158 valence electrons. The molecule has 0 aliphatic carbocycles. The molecule has 31 heavy (non-hydrogen) atoms. The summed E-state index contributed by atoms with van der Waals surface area (Å²) >= 11 is 0. The number of hydrogen-bond acceptors (Lipinski definition) is 3. The van der Waals surface area contributed by atoms with E-state index in [9.17, 15) is 9.59 Å². The summed E-state index contributed by atoms with van der Waals surface area (Å²) in [7, 11) is 1.62. The first-order chi connectivity index (χ1) is 15.1. The Bertz CT molecular complexity index is 1020. The molecule has 1 aliphatic heterocycles. The largest absolute Gasteiger partial charge is 0.497 e. The zero-order valence-electron chi connectivity index (χ0n) is 17.7. The molecule has 5 heteroatoms. The maximum atomic E-state index is 12.9. The van der Waals surface area contributed by atoms with Crippen LogP contribution in [0, 0.1) is 0 Å². The predicted octanol–water partition coefficient (Wildman–Crippen LogP) is 3.89. The van der Waals surface area contributed by atoms with Gasteiger partial charge in [-0.2, -0.15) is 0 Å². The number of piperazine rings is 1. The van der Waals surface area contributed by atoms with Crippen LogP contribution in [0.15, 0.2) is 78.9 Å². The smallest absolute Gasteiger partial charge is 0.253 e. The summed E-state index contributed by atoms with van der Waals surface area (Å²) in [5.74, 6) is 0.881. The van der Waals surface area contributed by atoms with Gasteiger partial charge in [0.05, 0.1) is 13.5 Å². The molecule has 0 spiro atoms. The number of nitrogens with zero attached hydrogens (tertiary/aromatic N) is 2. The second-order valence-corrected chi connectivity index (χ2v) is 7.64. The minimum atomic E-state index is 0.0156. The van der Waals surface area contributed by atoms with Crippen molar-refractivity contribution in [3.8, 4) is 16.9 Å². The molecule has 1 fully saturated rings. The van der Waals surface area contributed by atoms with E-state index in [1.54, 1.807) is 7.11 Å². The van der Waals surface area contributed by atoms with Gasteiger partial charge in [-0.1, -0.05) is 54.6 Å². The maximum Gasteiger partial charge on any atom is 0.253 e. The molecular weight excluding hydrogens is 388 g/mol. The number of methoxy groups -OCH3 is 1. The van der Waals surface area contributed by atoms with Crippen LogP contribution in [0.3, 0.4) is 0 Å². The number of hydrogen-bond donors (Lipinski definition) is 0. The van der Waals surface area contributed by atoms with E-state index in [0.717, 1.165) is 22.4 Å². The Balaban J connectivity index is 1.31. The second-order valence-electron chi connectivity index (χ2n) is 7.64. The lowest BCUT2D eigenvalue weighted by Crippen LogP contribution is -2.51. The molecule has 0 N–H and O–H groups in total. The van der Waals surface area contributed by atoms with Gasteiger partial charge in [-0.3, -0.25) is 9.59 Å². The van der Waals surface area contributed by atoms with Crippen LogP contribution in [-0.4, -0.2) is 54.9 Å². The van der Waals surface area contributed by atoms with Crippen LogP contribution >= 0.6 is 0 Å². The molecular formula is C26H26N2O3. The number of benzene rings is 3. The topological polar surface area (TPSA) is 49.9 Å². The highest BCUT2D eigenvalue weighted by Crippen LogP contribution is 2.20. The molecule has 0 radical (unpaired) electrons. The third-order valence-corrected chi connectivity index (χ3v) is 5.67. The fraction of sp³-hybridized carbons (Fsp3) is 0.231. The van der Waals surface area contributed by atoms with Gasteiger partial charge in [0.1, 0.15) is 5.75 Å². The zero-order valence-corrected chi connectivity index (χ0v) is 17.7. The van der Waals surface area contributed by atoms with Gasteiger partial charge in [-0.05, 0) is 41.0 Å². The lowest BCUT2D eigenvalue weighted by atomic mass is 10.0. The summed E-state index contributed by atoms with van der Waals surface area (Å²) in [6.07, 6.45) is 0.360. The predicted molar refractivity (Wildman–Crippen MR) is 121 cm³/mol. The van der Waals surface area contributed by atoms with Crippen LogP contribution in [0.2, 0.25) is 0 Å². The third kappa shape index (κ3) is 4.94. The van der Waals surface area contributed by atoms with E-state index in [0.29, 0.717) is 38.2 Å². The highest BCUT2D eigenvalue weighted by molar-refractivity contribution is 5.95. The average molecular weight is 415 g/mol. The number of carbonyl (C=O) groups is 2. The first-order valence-corrected chi connectivity index (χ1v) is 10.5. The minimum Gasteiger partial charge on any atom is -0.497 e. The maximum absolute atomic E-state index is 12.9. The summed E-state index contributed by atoms with van der Waals surface area (Å²) in [6.45, 7) is 2.22. The molecule has 1 saturated heterocycles. The highest BCUT2D eigenvalue weighted by atomic mass is 16.5. The molecule has 2 amide bonds. The van der Waals surface area contributed by atoms with Crippen molar-refractivity contribution < 1.29 is 14.3 Å². The highest BCUT2D eigenvalue weighted by Gasteiger charge is 2.24. The van der Waals surface area contributed by atoms with Gasteiger partial charge in [0.15, 0.2) is 0 Å². The fourth-order valence-corrected chi connectivity index (χ4v) is 3.81. The van der Waals surface area contributed by atoms with Gasteiger partial charge in [0.25, 0.3) is 5.91 Å². The Morgan fingerprint density at radius 1 is 0.742 bits per heavy atom. The summed E-state index contributed by atoms with van der Waals surface area (Å²) in [6, 6.07) is 25.4. The second kappa shape index (κ2) is 9.47. The number of rotatable bonds is 5. The van der Waals surface area contributed by atoms with Crippen molar-refractivity contribution in [1.29, 1.82) is 0 Å². The van der Waals surface area contributed by atoms with Gasteiger partial charge in [-0.25, -0.2) is 0 Å². The van der Waals surface area contributed by atoms with Crippen molar-refractivity contribution in [2.75, 3.05) is 33.3 Å². The molecule has 1 aliphatic rings. The Morgan fingerprint density at radius 2 is 1.32 bits per heavy atom. The summed E-state index contributed by atoms with van der Waals surface area (Å²) in [5, 5.41) is 0. The van der Waals surface area contributed by atoms with Gasteiger partial charge in [-0.15, -0.1) is 0 Å². The van der Waals surface area contributed by atoms with Crippen LogP contribution in [0.1, 0.15) is 15.9 Å². The summed E-state index contributed by atoms with van der Waals surface area (Å²) in [5.41, 5.74) is 3.86. The van der Waals surface area contributed by atoms with E-state index in [2.05, 4.69) is 12.1 Å². The molecule has 3 aromatic carbocycles. The van der Waals surface area contributed by atoms with Crippen molar-refractivity contribution in [2.45, 2.75) is 6.42 Å². The summed E-state index contributed by atoms with van der Waals surface area (Å²) in [4.78, 5) is 29.2. The molecule has 5 nitrogen and oxygen atoms in total. The standard InChI is InChI=1S/C26H26N2O3/c1-31-24-13-7-20(8-14-24)19-25(29)27-15-17-28(18-16-27)26(30)23-11-9-22(10-12-23)21-5-3-2-4-6-21/h2-14H,15-19H2,1H3. The van der Waals surface area contributed by atoms with Crippen molar-refractivity contribution >= 4 is 11.8 Å². The minimum absolute atomic E-state index is 0.0156. The van der Waals surface area contributed by atoms with Crippen molar-refractivity contribution in [2.24, 2.45) is 0 Å². The first kappa shape index (κ1) is 20.7. The first-order valence-electron chi connectivity index (χ1n) is 10.5. The van der Waals surface area contributed by atoms with Crippen LogP contribution < -0.4 is 4.74 Å². The summed E-state index contributed by atoms with van der Waals surface area (Å²) < 4.78 is 5.16. The molecule has 3 aromatic rings. The van der Waals surface area contributed by atoms with Gasteiger partial charge < -0.3 is 14.5 Å². The van der Waals surface area contributed by atoms with E-state index in [4.69, 9.17) is 4.74 Å². The van der Waals surface area contributed by atoms with Crippen LogP contribution in [0.4, 0.5) is 0 Å². The zero-order chi connectivity index (χ0) is 21.6. The van der Waals surface area contributed by atoms with Gasteiger partial charge in [0.2, 0.25) is 5.91 Å². The molecule has 0 atom stereocenters. The molecule has 0 saturated carbocycles. The van der Waals surface area contributed by atoms with E-state index in [1.807, 2.05) is 76.5 Å². The quantitative estimate of drug-likeness (QED) is 0.637. The van der Waals surface area contributed by atoms with Crippen molar-refractivity contribution in [3.05, 3.63) is 90.0 Å². The Morgan fingerprint density at radius 3 is 1.94 bits per heavy atom. The van der Waals surface area contributed by atoms with E-state index >= 15 is 0 Å². The third-order valence-electron chi connectivity index (χ3n) is 5.67. The average Bonchev–Trinajstić information content (AvgIpc) is 2.85. The fourth-order valence-electron chi connectivity index (χ4n) is 3.81. The van der Waals surface area contributed by atoms with Crippen LogP contribution in [0.25, 0.3) is 11.1 Å². The van der Waals surface area contributed by atoms with Crippen molar-refractivity contribution in [1.82, 2.24) is 9.80 Å². The number of amides is 2. The van der Waals surface area contributed by atoms with Gasteiger partial charge in [0, 0.05) is 31.7 Å². The van der Waals surface area contributed by atoms with E-state index < -0.39 is 0 Å². The number of ether oxygens (including phenoxy) is 1. The Kier molecular flexibility index (Phi) is 6.32. The lowest BCUT2D eigenvalue weighted by Gasteiger charge is -2.35. The molecule has 0 bridgehead atoms. The molecule has 1 heterocycles. The van der Waals surface area contributed by atoms with Crippen LogP contribution in [-0.2, 0) is 11.2 Å².